The molecule has 3 rings (SSSR count). The van der Waals surface area contributed by atoms with E-state index < -0.39 is 6.03 Å². The van der Waals surface area contributed by atoms with Crippen LogP contribution < -0.4 is 20.7 Å². The summed E-state index contributed by atoms with van der Waals surface area (Å²) in [6.07, 6.45) is 0. The maximum atomic E-state index is 12.8. The number of ether oxygens (including phenoxy) is 1. The number of nitrogens with one attached hydrogen (secondary N) is 3. The molecule has 6 nitrogen and oxygen atoms in total. The summed E-state index contributed by atoms with van der Waals surface area (Å²) < 4.78 is 5.24. The van der Waals surface area contributed by atoms with Crippen molar-refractivity contribution >= 4 is 23.3 Å². The van der Waals surface area contributed by atoms with Crippen LogP contribution in [0.15, 0.2) is 78.9 Å². The van der Waals surface area contributed by atoms with Gasteiger partial charge >= 0.3 is 6.03 Å². The van der Waals surface area contributed by atoms with Gasteiger partial charge in [0.15, 0.2) is 0 Å². The van der Waals surface area contributed by atoms with E-state index in [0.29, 0.717) is 22.7 Å². The van der Waals surface area contributed by atoms with Gasteiger partial charge in [-0.1, -0.05) is 54.6 Å². The summed E-state index contributed by atoms with van der Waals surface area (Å²) in [4.78, 5) is 25.2. The molecule has 0 aromatic heterocycles. The first kappa shape index (κ1) is 19.9. The lowest BCUT2D eigenvalue weighted by molar-refractivity contribution is 0.0941. The van der Waals surface area contributed by atoms with E-state index in [4.69, 9.17) is 4.74 Å². The largest absolute Gasteiger partial charge is 0.495 e. The standard InChI is InChI=1S/C23H23N3O3/c1-16(17-10-4-3-5-11-17)24-22(27)18-12-6-7-13-19(18)25-23(28)26-20-14-8-9-15-21(20)29-2/h3-16H,1-2H3,(H,24,27)(H2,25,26,28). The number of benzene rings is 3. The number of carbonyl (C=O) groups excluding carboxylic acids is 2. The number of carbonyl (C=O) groups is 2. The molecule has 0 aliphatic carbocycles. The minimum atomic E-state index is -0.467. The molecule has 1 atom stereocenters. The number of amides is 3. The minimum absolute atomic E-state index is 0.167. The molecule has 3 amide bonds. The first-order valence-corrected chi connectivity index (χ1v) is 9.24. The van der Waals surface area contributed by atoms with Crippen LogP contribution in [0, 0.1) is 0 Å². The minimum Gasteiger partial charge on any atom is -0.495 e. The predicted octanol–water partition coefficient (Wildman–Crippen LogP) is 4.83. The number of anilines is 2. The fourth-order valence-corrected chi connectivity index (χ4v) is 2.91. The van der Waals surface area contributed by atoms with Gasteiger partial charge < -0.3 is 20.7 Å². The van der Waals surface area contributed by atoms with E-state index in [-0.39, 0.29) is 11.9 Å². The smallest absolute Gasteiger partial charge is 0.323 e. The molecule has 3 N–H and O–H groups in total. The van der Waals surface area contributed by atoms with Crippen LogP contribution in [0.1, 0.15) is 28.9 Å². The number of hydrogen-bond donors (Lipinski definition) is 3. The van der Waals surface area contributed by atoms with E-state index in [2.05, 4.69) is 16.0 Å². The lowest BCUT2D eigenvalue weighted by Crippen LogP contribution is -2.28. The Morgan fingerprint density at radius 1 is 0.793 bits per heavy atom. The van der Waals surface area contributed by atoms with Gasteiger partial charge in [0, 0.05) is 0 Å². The molecule has 0 aliphatic heterocycles. The molecule has 29 heavy (non-hydrogen) atoms. The Bertz CT molecular complexity index is 989. The fourth-order valence-electron chi connectivity index (χ4n) is 2.91. The van der Waals surface area contributed by atoms with E-state index in [1.165, 1.54) is 7.11 Å². The molecule has 0 aliphatic rings. The second-order valence-corrected chi connectivity index (χ2v) is 6.43. The van der Waals surface area contributed by atoms with E-state index in [0.717, 1.165) is 5.56 Å². The van der Waals surface area contributed by atoms with Crippen molar-refractivity contribution in [1.82, 2.24) is 5.32 Å². The lowest BCUT2D eigenvalue weighted by atomic mass is 10.1. The van der Waals surface area contributed by atoms with Gasteiger partial charge in [0.2, 0.25) is 0 Å². The van der Waals surface area contributed by atoms with E-state index >= 15 is 0 Å². The molecule has 0 fully saturated rings. The average Bonchev–Trinajstić information content (AvgIpc) is 2.75. The molecule has 0 saturated carbocycles. The Labute approximate surface area is 169 Å². The zero-order chi connectivity index (χ0) is 20.6. The van der Waals surface area contributed by atoms with Crippen LogP contribution in [0.4, 0.5) is 16.2 Å². The molecule has 148 valence electrons. The topological polar surface area (TPSA) is 79.5 Å². The molecule has 0 heterocycles. The zero-order valence-electron chi connectivity index (χ0n) is 16.3. The van der Waals surface area contributed by atoms with Crippen LogP contribution >= 0.6 is 0 Å². The van der Waals surface area contributed by atoms with Gasteiger partial charge in [-0.3, -0.25) is 4.79 Å². The molecule has 0 spiro atoms. The summed E-state index contributed by atoms with van der Waals surface area (Å²) in [5.41, 5.74) is 2.33. The summed E-state index contributed by atoms with van der Waals surface area (Å²) in [7, 11) is 1.53. The van der Waals surface area contributed by atoms with Crippen molar-refractivity contribution in [2.75, 3.05) is 17.7 Å². The predicted molar refractivity (Wildman–Crippen MR) is 114 cm³/mol. The second-order valence-electron chi connectivity index (χ2n) is 6.43. The molecule has 0 bridgehead atoms. The molecule has 0 saturated heterocycles. The highest BCUT2D eigenvalue weighted by molar-refractivity contribution is 6.07. The normalized spacial score (nSPS) is 11.2. The van der Waals surface area contributed by atoms with E-state index in [9.17, 15) is 9.59 Å². The molecular weight excluding hydrogens is 366 g/mol. The summed E-state index contributed by atoms with van der Waals surface area (Å²) >= 11 is 0. The van der Waals surface area contributed by atoms with Gasteiger partial charge in [-0.15, -0.1) is 0 Å². The zero-order valence-corrected chi connectivity index (χ0v) is 16.3. The van der Waals surface area contributed by atoms with Crippen LogP contribution in [0.3, 0.4) is 0 Å². The third-order valence-corrected chi connectivity index (χ3v) is 4.42. The van der Waals surface area contributed by atoms with E-state index in [1.54, 1.807) is 42.5 Å². The Balaban J connectivity index is 1.71. The van der Waals surface area contributed by atoms with Crippen molar-refractivity contribution in [2.24, 2.45) is 0 Å². The molecule has 3 aromatic carbocycles. The van der Waals surface area contributed by atoms with Gasteiger partial charge in [-0.2, -0.15) is 0 Å². The molecule has 3 aromatic rings. The van der Waals surface area contributed by atoms with Gasteiger partial charge in [0.25, 0.3) is 5.91 Å². The molecule has 0 radical (unpaired) electrons. The van der Waals surface area contributed by atoms with Gasteiger partial charge in [0.05, 0.1) is 30.1 Å². The van der Waals surface area contributed by atoms with Crippen LogP contribution in [-0.4, -0.2) is 19.0 Å². The summed E-state index contributed by atoms with van der Waals surface area (Å²) in [6.45, 7) is 1.91. The monoisotopic (exact) mass is 389 g/mol. The van der Waals surface area contributed by atoms with Gasteiger partial charge in [-0.05, 0) is 36.8 Å². The third-order valence-electron chi connectivity index (χ3n) is 4.42. The highest BCUT2D eigenvalue weighted by Crippen LogP contribution is 2.24. The Hall–Kier alpha value is -3.80. The molecular formula is C23H23N3O3. The summed E-state index contributed by atoms with van der Waals surface area (Å²) in [6, 6.07) is 23.0. The maximum Gasteiger partial charge on any atom is 0.323 e. The first-order valence-electron chi connectivity index (χ1n) is 9.24. The van der Waals surface area contributed by atoms with Crippen LogP contribution in [0.2, 0.25) is 0 Å². The average molecular weight is 389 g/mol. The van der Waals surface area contributed by atoms with Crippen LogP contribution in [0.5, 0.6) is 5.75 Å². The van der Waals surface area contributed by atoms with Gasteiger partial charge in [-0.25, -0.2) is 4.79 Å². The van der Waals surface area contributed by atoms with Crippen molar-refractivity contribution < 1.29 is 14.3 Å². The van der Waals surface area contributed by atoms with Crippen molar-refractivity contribution in [3.8, 4) is 5.75 Å². The maximum absolute atomic E-state index is 12.8. The van der Waals surface area contributed by atoms with Gasteiger partial charge in [0.1, 0.15) is 5.75 Å². The second kappa shape index (κ2) is 9.41. The first-order chi connectivity index (χ1) is 14.1. The number of rotatable bonds is 6. The van der Waals surface area contributed by atoms with Crippen LogP contribution in [0.25, 0.3) is 0 Å². The Morgan fingerprint density at radius 2 is 1.38 bits per heavy atom. The number of para-hydroxylation sites is 3. The van der Waals surface area contributed by atoms with Crippen molar-refractivity contribution in [2.45, 2.75) is 13.0 Å². The van der Waals surface area contributed by atoms with E-state index in [1.807, 2.05) is 43.3 Å². The van der Waals surface area contributed by atoms with Crippen molar-refractivity contribution in [3.05, 3.63) is 90.0 Å². The Morgan fingerprint density at radius 3 is 2.10 bits per heavy atom. The number of methoxy groups -OCH3 is 1. The fraction of sp³-hybridized carbons (Fsp3) is 0.130. The Kier molecular flexibility index (Phi) is 6.47. The quantitative estimate of drug-likeness (QED) is 0.565. The van der Waals surface area contributed by atoms with Crippen molar-refractivity contribution in [3.63, 3.8) is 0 Å². The van der Waals surface area contributed by atoms with Crippen LogP contribution in [-0.2, 0) is 0 Å². The molecule has 1 unspecified atom stereocenters. The lowest BCUT2D eigenvalue weighted by Gasteiger charge is -2.17. The van der Waals surface area contributed by atoms with Crippen molar-refractivity contribution in [1.29, 1.82) is 0 Å². The highest BCUT2D eigenvalue weighted by Gasteiger charge is 2.16. The molecule has 6 heteroatoms. The third kappa shape index (κ3) is 5.13. The summed E-state index contributed by atoms with van der Waals surface area (Å²) in [5, 5.41) is 8.44. The highest BCUT2D eigenvalue weighted by atomic mass is 16.5. The number of hydrogen-bond acceptors (Lipinski definition) is 3. The SMILES string of the molecule is COc1ccccc1NC(=O)Nc1ccccc1C(=O)NC(C)c1ccccc1. The summed E-state index contributed by atoms with van der Waals surface area (Å²) in [5.74, 6) is 0.278. The number of urea groups is 1.